The lowest BCUT2D eigenvalue weighted by molar-refractivity contribution is -0.136. The summed E-state index contributed by atoms with van der Waals surface area (Å²) in [7, 11) is -3.49. The second kappa shape index (κ2) is 6.52. The van der Waals surface area contributed by atoms with E-state index < -0.39 is 20.5 Å². The molecule has 0 heterocycles. The normalized spacial score (nSPS) is 12.8. The Morgan fingerprint density at radius 1 is 1.28 bits per heavy atom. The van der Waals surface area contributed by atoms with Crippen LogP contribution >= 0.6 is 0 Å². The Bertz CT molecular complexity index is 372. The Morgan fingerprint density at radius 2 is 1.72 bits per heavy atom. The fraction of sp³-hybridized carbons (Fsp3) is 0.917. The van der Waals surface area contributed by atoms with Crippen molar-refractivity contribution in [3.05, 3.63) is 0 Å². The second-order valence-corrected chi connectivity index (χ2v) is 7.54. The van der Waals surface area contributed by atoms with Gasteiger partial charge in [-0.2, -0.15) is 0 Å². The SMILES string of the molecule is CCC(CC)N(CCO)C(=O)C(C)(C)S(C)(=O)=O. The van der Waals surface area contributed by atoms with E-state index >= 15 is 0 Å². The van der Waals surface area contributed by atoms with Gasteiger partial charge in [0.15, 0.2) is 9.84 Å². The van der Waals surface area contributed by atoms with E-state index in [1.54, 1.807) is 0 Å². The summed E-state index contributed by atoms with van der Waals surface area (Å²) in [5, 5.41) is 9.05. The molecule has 0 saturated heterocycles. The Morgan fingerprint density at radius 3 is 2.00 bits per heavy atom. The zero-order valence-electron chi connectivity index (χ0n) is 11.9. The molecule has 108 valence electrons. The molecule has 0 aliphatic heterocycles. The first-order chi connectivity index (χ1) is 8.13. The lowest BCUT2D eigenvalue weighted by Gasteiger charge is -2.35. The van der Waals surface area contributed by atoms with Crippen molar-refractivity contribution in [2.45, 2.75) is 51.3 Å². The van der Waals surface area contributed by atoms with Crippen LogP contribution in [0.15, 0.2) is 0 Å². The summed E-state index contributed by atoms with van der Waals surface area (Å²) >= 11 is 0. The molecule has 0 bridgehead atoms. The third-order valence-electron chi connectivity index (χ3n) is 3.43. The largest absolute Gasteiger partial charge is 0.395 e. The van der Waals surface area contributed by atoms with E-state index in [1.807, 2.05) is 13.8 Å². The lowest BCUT2D eigenvalue weighted by atomic mass is 10.1. The quantitative estimate of drug-likeness (QED) is 0.748. The first-order valence-electron chi connectivity index (χ1n) is 6.24. The predicted molar refractivity (Wildman–Crippen MR) is 72.1 cm³/mol. The van der Waals surface area contributed by atoms with Crippen LogP contribution in [0.5, 0.6) is 0 Å². The second-order valence-electron chi connectivity index (χ2n) is 4.97. The predicted octanol–water partition coefficient (Wildman–Crippen LogP) is 0.819. The number of rotatable bonds is 7. The molecule has 0 aromatic heterocycles. The number of nitrogens with zero attached hydrogens (tertiary/aromatic N) is 1. The van der Waals surface area contributed by atoms with Gasteiger partial charge in [0, 0.05) is 18.8 Å². The number of amides is 1. The minimum absolute atomic E-state index is 0.0364. The zero-order valence-corrected chi connectivity index (χ0v) is 12.7. The molecule has 6 heteroatoms. The molecule has 0 unspecified atom stereocenters. The van der Waals surface area contributed by atoms with Gasteiger partial charge >= 0.3 is 0 Å². The van der Waals surface area contributed by atoms with Crippen LogP contribution in [0, 0.1) is 0 Å². The van der Waals surface area contributed by atoms with Gasteiger partial charge in [-0.25, -0.2) is 8.42 Å². The van der Waals surface area contributed by atoms with Gasteiger partial charge in [-0.15, -0.1) is 0 Å². The fourth-order valence-corrected chi connectivity index (χ4v) is 2.23. The number of carbonyl (C=O) groups excluding carboxylic acids is 1. The molecule has 0 radical (unpaired) electrons. The van der Waals surface area contributed by atoms with Gasteiger partial charge in [-0.05, 0) is 26.7 Å². The number of hydrogen-bond donors (Lipinski definition) is 1. The summed E-state index contributed by atoms with van der Waals surface area (Å²) in [6.45, 7) is 6.72. The van der Waals surface area contributed by atoms with Gasteiger partial charge in [-0.1, -0.05) is 13.8 Å². The molecule has 0 aromatic rings. The Balaban J connectivity index is 5.33. The van der Waals surface area contributed by atoms with Crippen LogP contribution in [0.2, 0.25) is 0 Å². The van der Waals surface area contributed by atoms with E-state index in [9.17, 15) is 13.2 Å². The van der Waals surface area contributed by atoms with Crippen LogP contribution in [0.25, 0.3) is 0 Å². The van der Waals surface area contributed by atoms with Crippen molar-refractivity contribution in [3.8, 4) is 0 Å². The number of aliphatic hydroxyl groups excluding tert-OH is 1. The molecule has 0 rings (SSSR count). The molecule has 0 fully saturated rings. The van der Waals surface area contributed by atoms with Gasteiger partial charge < -0.3 is 10.0 Å². The topological polar surface area (TPSA) is 74.7 Å². The molecule has 1 amide bonds. The zero-order chi connectivity index (χ0) is 14.6. The van der Waals surface area contributed by atoms with Crippen molar-refractivity contribution in [2.75, 3.05) is 19.4 Å². The molecular weight excluding hydrogens is 254 g/mol. The number of aliphatic hydroxyl groups is 1. The van der Waals surface area contributed by atoms with Crippen LogP contribution in [-0.4, -0.2) is 54.5 Å². The first-order valence-corrected chi connectivity index (χ1v) is 8.14. The molecule has 0 spiro atoms. The molecule has 0 saturated carbocycles. The molecule has 5 nitrogen and oxygen atoms in total. The van der Waals surface area contributed by atoms with Crippen LogP contribution in [0.3, 0.4) is 0 Å². The first kappa shape index (κ1) is 17.4. The maximum absolute atomic E-state index is 12.4. The van der Waals surface area contributed by atoms with E-state index in [1.165, 1.54) is 18.7 Å². The summed E-state index contributed by atoms with van der Waals surface area (Å²) in [5.41, 5.74) is 0. The highest BCUT2D eigenvalue weighted by molar-refractivity contribution is 7.92. The van der Waals surface area contributed by atoms with Crippen LogP contribution < -0.4 is 0 Å². The van der Waals surface area contributed by atoms with Crippen molar-refractivity contribution in [2.24, 2.45) is 0 Å². The Hall–Kier alpha value is -0.620. The summed E-state index contributed by atoms with van der Waals surface area (Å²) in [6.07, 6.45) is 2.54. The summed E-state index contributed by atoms with van der Waals surface area (Å²) < 4.78 is 21.9. The molecule has 0 aliphatic carbocycles. The average Bonchev–Trinajstić information content (AvgIpc) is 2.27. The summed E-state index contributed by atoms with van der Waals surface area (Å²) in [4.78, 5) is 13.9. The average molecular weight is 279 g/mol. The van der Waals surface area contributed by atoms with Gasteiger partial charge in [0.25, 0.3) is 0 Å². The van der Waals surface area contributed by atoms with Crippen molar-refractivity contribution in [3.63, 3.8) is 0 Å². The lowest BCUT2D eigenvalue weighted by Crippen LogP contribution is -2.53. The van der Waals surface area contributed by atoms with Crippen LogP contribution in [0.1, 0.15) is 40.5 Å². The highest BCUT2D eigenvalue weighted by atomic mass is 32.2. The van der Waals surface area contributed by atoms with E-state index in [0.29, 0.717) is 0 Å². The van der Waals surface area contributed by atoms with E-state index in [-0.39, 0.29) is 19.2 Å². The maximum Gasteiger partial charge on any atom is 0.243 e. The highest BCUT2D eigenvalue weighted by Gasteiger charge is 2.42. The molecule has 18 heavy (non-hydrogen) atoms. The monoisotopic (exact) mass is 279 g/mol. The van der Waals surface area contributed by atoms with E-state index in [4.69, 9.17) is 5.11 Å². The van der Waals surface area contributed by atoms with Crippen molar-refractivity contribution >= 4 is 15.7 Å². The highest BCUT2D eigenvalue weighted by Crippen LogP contribution is 2.21. The molecular formula is C12H25NO4S. The minimum atomic E-state index is -3.49. The fourth-order valence-electron chi connectivity index (χ4n) is 1.79. The van der Waals surface area contributed by atoms with E-state index in [2.05, 4.69) is 0 Å². The molecule has 1 N–H and O–H groups in total. The van der Waals surface area contributed by atoms with Gasteiger partial charge in [-0.3, -0.25) is 4.79 Å². The Kier molecular flexibility index (Phi) is 6.29. The van der Waals surface area contributed by atoms with Crippen molar-refractivity contribution in [1.82, 2.24) is 4.90 Å². The summed E-state index contributed by atoms with van der Waals surface area (Å²) in [5.74, 6) is -0.437. The van der Waals surface area contributed by atoms with Crippen molar-refractivity contribution in [1.29, 1.82) is 0 Å². The van der Waals surface area contributed by atoms with E-state index in [0.717, 1.165) is 19.1 Å². The molecule has 0 aromatic carbocycles. The minimum Gasteiger partial charge on any atom is -0.395 e. The standard InChI is InChI=1S/C12H25NO4S/c1-6-10(7-2)13(8-9-14)11(15)12(3,4)18(5,16)17/h10,14H,6-9H2,1-5H3. The Labute approximate surface area is 110 Å². The van der Waals surface area contributed by atoms with Crippen LogP contribution in [-0.2, 0) is 14.6 Å². The number of hydrogen-bond acceptors (Lipinski definition) is 4. The van der Waals surface area contributed by atoms with Gasteiger partial charge in [0.2, 0.25) is 5.91 Å². The maximum atomic E-state index is 12.4. The van der Waals surface area contributed by atoms with Gasteiger partial charge in [0.1, 0.15) is 4.75 Å². The van der Waals surface area contributed by atoms with Crippen LogP contribution in [0.4, 0.5) is 0 Å². The smallest absolute Gasteiger partial charge is 0.243 e. The third-order valence-corrected chi connectivity index (χ3v) is 5.46. The number of sulfone groups is 1. The van der Waals surface area contributed by atoms with Crippen molar-refractivity contribution < 1.29 is 18.3 Å². The third kappa shape index (κ3) is 3.68. The molecule has 0 atom stereocenters. The summed E-state index contributed by atoms with van der Waals surface area (Å²) in [6, 6.07) is -0.0364. The number of carbonyl (C=O) groups is 1. The van der Waals surface area contributed by atoms with Gasteiger partial charge in [0.05, 0.1) is 6.61 Å². The molecule has 0 aliphatic rings.